The van der Waals surface area contributed by atoms with Gasteiger partial charge < -0.3 is 10.1 Å². The number of hydrogen-bond donors (Lipinski definition) is 1. The van der Waals surface area contributed by atoms with E-state index >= 15 is 0 Å². The van der Waals surface area contributed by atoms with Gasteiger partial charge in [-0.2, -0.15) is 0 Å². The molecule has 1 atom stereocenters. The second-order valence-electron chi connectivity index (χ2n) is 5.55. The maximum atomic E-state index is 12.1. The number of para-hydroxylation sites is 1. The Morgan fingerprint density at radius 1 is 1.25 bits per heavy atom. The number of carbonyl (C=O) groups is 1. The molecule has 0 heterocycles. The largest absolute Gasteiger partial charge is 0.464 e. The van der Waals surface area contributed by atoms with Crippen LogP contribution in [0.5, 0.6) is 0 Å². The topological polar surface area (TPSA) is 38.3 Å². The Labute approximate surface area is 121 Å². The van der Waals surface area contributed by atoms with Gasteiger partial charge in [-0.15, -0.1) is 0 Å². The molecule has 1 unspecified atom stereocenters. The van der Waals surface area contributed by atoms with Gasteiger partial charge in [-0.1, -0.05) is 50.3 Å². The Hall–Kier alpha value is -1.51. The van der Waals surface area contributed by atoms with E-state index in [1.165, 1.54) is 32.1 Å². The molecule has 1 aliphatic rings. The van der Waals surface area contributed by atoms with Gasteiger partial charge in [0.05, 0.1) is 6.61 Å². The molecule has 1 saturated carbocycles. The molecule has 0 saturated heterocycles. The van der Waals surface area contributed by atoms with Crippen LogP contribution in [0.25, 0.3) is 0 Å². The molecule has 1 fully saturated rings. The van der Waals surface area contributed by atoms with Crippen molar-refractivity contribution in [3.63, 3.8) is 0 Å². The summed E-state index contributed by atoms with van der Waals surface area (Å²) in [7, 11) is 0. The van der Waals surface area contributed by atoms with Gasteiger partial charge in [0.25, 0.3) is 0 Å². The minimum Gasteiger partial charge on any atom is -0.464 e. The Morgan fingerprint density at radius 2 is 1.95 bits per heavy atom. The molecule has 0 spiro atoms. The molecule has 0 amide bonds. The first kappa shape index (κ1) is 14.9. The van der Waals surface area contributed by atoms with Crippen LogP contribution in [0.3, 0.4) is 0 Å². The summed E-state index contributed by atoms with van der Waals surface area (Å²) in [6.45, 7) is 2.30. The molecule has 2 rings (SSSR count). The summed E-state index contributed by atoms with van der Waals surface area (Å²) in [5.41, 5.74) is 0.987. The summed E-state index contributed by atoms with van der Waals surface area (Å²) in [5.74, 6) is 0.524. The molecule has 3 heteroatoms. The van der Waals surface area contributed by atoms with Crippen LogP contribution in [0.4, 0.5) is 5.69 Å². The third-order valence-electron chi connectivity index (χ3n) is 3.98. The summed E-state index contributed by atoms with van der Waals surface area (Å²) >= 11 is 0. The van der Waals surface area contributed by atoms with Crippen molar-refractivity contribution in [2.45, 2.75) is 51.5 Å². The van der Waals surface area contributed by atoms with Gasteiger partial charge in [-0.3, -0.25) is 0 Å². The normalized spacial score (nSPS) is 17.4. The van der Waals surface area contributed by atoms with Gasteiger partial charge >= 0.3 is 5.97 Å². The van der Waals surface area contributed by atoms with Gasteiger partial charge in [0, 0.05) is 5.69 Å². The third kappa shape index (κ3) is 4.55. The van der Waals surface area contributed by atoms with Crippen molar-refractivity contribution in [3.05, 3.63) is 30.3 Å². The van der Waals surface area contributed by atoms with Gasteiger partial charge in [0.1, 0.15) is 6.04 Å². The van der Waals surface area contributed by atoms with Crippen LogP contribution in [0.1, 0.15) is 45.4 Å². The number of esters is 1. The highest BCUT2D eigenvalue weighted by atomic mass is 16.5. The van der Waals surface area contributed by atoms with Crippen LogP contribution in [-0.2, 0) is 9.53 Å². The lowest BCUT2D eigenvalue weighted by Crippen LogP contribution is -2.34. The fourth-order valence-electron chi connectivity index (χ4n) is 2.95. The Kier molecular flexibility index (Phi) is 5.90. The molecule has 110 valence electrons. The zero-order valence-corrected chi connectivity index (χ0v) is 12.3. The first-order valence-electron chi connectivity index (χ1n) is 7.78. The second kappa shape index (κ2) is 7.93. The van der Waals surface area contributed by atoms with Crippen molar-refractivity contribution in [2.75, 3.05) is 11.9 Å². The van der Waals surface area contributed by atoms with Gasteiger partial charge in [-0.25, -0.2) is 4.79 Å². The smallest absolute Gasteiger partial charge is 0.328 e. The van der Waals surface area contributed by atoms with Gasteiger partial charge in [0.15, 0.2) is 0 Å². The zero-order valence-electron chi connectivity index (χ0n) is 12.3. The lowest BCUT2D eigenvalue weighted by atomic mass is 9.85. The molecule has 1 aromatic carbocycles. The van der Waals surface area contributed by atoms with E-state index < -0.39 is 0 Å². The summed E-state index contributed by atoms with van der Waals surface area (Å²) in [6.07, 6.45) is 7.30. The van der Waals surface area contributed by atoms with E-state index in [4.69, 9.17) is 4.74 Å². The third-order valence-corrected chi connectivity index (χ3v) is 3.98. The highest BCUT2D eigenvalue weighted by Gasteiger charge is 2.25. The van der Waals surface area contributed by atoms with Crippen LogP contribution in [0, 0.1) is 5.92 Å². The fraction of sp³-hybridized carbons (Fsp3) is 0.588. The number of anilines is 1. The Bertz CT molecular complexity index is 399. The van der Waals surface area contributed by atoms with E-state index in [9.17, 15) is 4.79 Å². The van der Waals surface area contributed by atoms with E-state index in [0.29, 0.717) is 12.5 Å². The molecule has 1 aliphatic carbocycles. The average Bonchev–Trinajstić information content (AvgIpc) is 2.49. The van der Waals surface area contributed by atoms with E-state index in [0.717, 1.165) is 12.1 Å². The van der Waals surface area contributed by atoms with E-state index in [2.05, 4.69) is 5.32 Å². The molecule has 0 aliphatic heterocycles. The first-order valence-corrected chi connectivity index (χ1v) is 7.78. The lowest BCUT2D eigenvalue weighted by Gasteiger charge is -2.26. The predicted octanol–water partition coefficient (Wildman–Crippen LogP) is 4.00. The van der Waals surface area contributed by atoms with Crippen LogP contribution in [-0.4, -0.2) is 18.6 Å². The van der Waals surface area contributed by atoms with E-state index in [-0.39, 0.29) is 12.0 Å². The fourth-order valence-corrected chi connectivity index (χ4v) is 2.95. The number of rotatable bonds is 6. The molecule has 20 heavy (non-hydrogen) atoms. The lowest BCUT2D eigenvalue weighted by molar-refractivity contribution is -0.144. The molecule has 0 bridgehead atoms. The van der Waals surface area contributed by atoms with Crippen LogP contribution in [0.2, 0.25) is 0 Å². The Balaban J connectivity index is 1.98. The average molecular weight is 275 g/mol. The summed E-state index contributed by atoms with van der Waals surface area (Å²) < 4.78 is 5.22. The second-order valence-corrected chi connectivity index (χ2v) is 5.55. The number of hydrogen-bond acceptors (Lipinski definition) is 3. The number of nitrogens with one attached hydrogen (secondary N) is 1. The van der Waals surface area contributed by atoms with Crippen molar-refractivity contribution in [1.29, 1.82) is 0 Å². The van der Waals surface area contributed by atoms with Crippen molar-refractivity contribution >= 4 is 11.7 Å². The SMILES string of the molecule is CCOC(=O)C(CC1CCCCC1)Nc1ccccc1. The van der Waals surface area contributed by atoms with Crippen molar-refractivity contribution < 1.29 is 9.53 Å². The minimum atomic E-state index is -0.222. The molecule has 3 nitrogen and oxygen atoms in total. The molecular formula is C17H25NO2. The maximum absolute atomic E-state index is 12.1. The zero-order chi connectivity index (χ0) is 14.2. The molecule has 0 radical (unpaired) electrons. The Morgan fingerprint density at radius 3 is 2.60 bits per heavy atom. The number of benzene rings is 1. The molecule has 0 aromatic heterocycles. The molecule has 1 N–H and O–H groups in total. The van der Waals surface area contributed by atoms with Crippen LogP contribution in [0.15, 0.2) is 30.3 Å². The summed E-state index contributed by atoms with van der Waals surface area (Å²) in [4.78, 5) is 12.1. The van der Waals surface area contributed by atoms with Crippen molar-refractivity contribution in [3.8, 4) is 0 Å². The number of ether oxygens (including phenoxy) is 1. The molecule has 1 aromatic rings. The molecular weight excluding hydrogens is 250 g/mol. The van der Waals surface area contributed by atoms with Crippen molar-refractivity contribution in [2.24, 2.45) is 5.92 Å². The highest BCUT2D eigenvalue weighted by molar-refractivity contribution is 5.79. The van der Waals surface area contributed by atoms with Gasteiger partial charge in [0.2, 0.25) is 0 Å². The summed E-state index contributed by atoms with van der Waals surface area (Å²) in [6, 6.07) is 9.70. The predicted molar refractivity (Wildman–Crippen MR) is 81.7 cm³/mol. The number of carbonyl (C=O) groups excluding carboxylic acids is 1. The van der Waals surface area contributed by atoms with Crippen LogP contribution >= 0.6 is 0 Å². The first-order chi connectivity index (χ1) is 9.79. The standard InChI is InChI=1S/C17H25NO2/c1-2-20-17(19)16(13-14-9-5-3-6-10-14)18-15-11-7-4-8-12-15/h4,7-8,11-12,14,16,18H,2-3,5-6,9-10,13H2,1H3. The quantitative estimate of drug-likeness (QED) is 0.797. The maximum Gasteiger partial charge on any atom is 0.328 e. The summed E-state index contributed by atoms with van der Waals surface area (Å²) in [5, 5.41) is 3.34. The van der Waals surface area contributed by atoms with E-state index in [1.807, 2.05) is 37.3 Å². The van der Waals surface area contributed by atoms with E-state index in [1.54, 1.807) is 0 Å². The highest BCUT2D eigenvalue weighted by Crippen LogP contribution is 2.28. The monoisotopic (exact) mass is 275 g/mol. The minimum absolute atomic E-state index is 0.123. The van der Waals surface area contributed by atoms with Gasteiger partial charge in [-0.05, 0) is 31.4 Å². The van der Waals surface area contributed by atoms with Crippen molar-refractivity contribution in [1.82, 2.24) is 0 Å². The van der Waals surface area contributed by atoms with Crippen LogP contribution < -0.4 is 5.32 Å².